The van der Waals surface area contributed by atoms with Crippen molar-refractivity contribution in [2.75, 3.05) is 4.90 Å². The number of benzene rings is 7. The van der Waals surface area contributed by atoms with Gasteiger partial charge in [0.15, 0.2) is 0 Å². The molecule has 0 bridgehead atoms. The van der Waals surface area contributed by atoms with E-state index in [1.807, 2.05) is 51.5 Å². The molecule has 11 rings (SSSR count). The maximum Gasteiger partial charge on any atom is 0.137 e. The highest BCUT2D eigenvalue weighted by Gasteiger charge is 2.27. The molecule has 4 heterocycles. The van der Waals surface area contributed by atoms with Gasteiger partial charge in [0.25, 0.3) is 0 Å². The van der Waals surface area contributed by atoms with Gasteiger partial charge in [0.1, 0.15) is 33.1 Å². The van der Waals surface area contributed by atoms with Crippen molar-refractivity contribution in [2.24, 2.45) is 21.1 Å². The number of nitrogens with zero attached hydrogens (tertiary/aromatic N) is 11. The second-order valence-electron chi connectivity index (χ2n) is 14.0. The van der Waals surface area contributed by atoms with Crippen LogP contribution in [0.5, 0.6) is 0 Å². The molecule has 0 aliphatic carbocycles. The quantitative estimate of drug-likeness (QED) is 0.168. The summed E-state index contributed by atoms with van der Waals surface area (Å²) in [6, 6.07) is 50.7. The van der Waals surface area contributed by atoms with Gasteiger partial charge in [-0.05, 0) is 71.8 Å². The summed E-state index contributed by atoms with van der Waals surface area (Å²) in [6.07, 6.45) is 0. The molecule has 0 amide bonds. The van der Waals surface area contributed by atoms with Crippen molar-refractivity contribution < 1.29 is 0 Å². The maximum atomic E-state index is 5.01. The Hall–Kier alpha value is -7.66. The van der Waals surface area contributed by atoms with Crippen LogP contribution in [0.15, 0.2) is 146 Å². The summed E-state index contributed by atoms with van der Waals surface area (Å²) in [5, 5.41) is 31.8. The number of aromatic nitrogens is 10. The van der Waals surface area contributed by atoms with Crippen LogP contribution in [0, 0.1) is 0 Å². The van der Waals surface area contributed by atoms with E-state index in [4.69, 9.17) is 25.5 Å². The van der Waals surface area contributed by atoms with E-state index < -0.39 is 0 Å². The average molecular weight is 728 g/mol. The molecule has 0 spiro atoms. The van der Waals surface area contributed by atoms with E-state index in [-0.39, 0.29) is 0 Å². The molecule has 4 aromatic heterocycles. The van der Waals surface area contributed by atoms with E-state index in [1.165, 1.54) is 21.8 Å². The van der Waals surface area contributed by atoms with Crippen LogP contribution < -0.4 is 4.90 Å². The Morgan fingerprint density at radius 1 is 0.375 bits per heavy atom. The van der Waals surface area contributed by atoms with Crippen molar-refractivity contribution in [1.82, 2.24) is 49.5 Å². The molecule has 7 aromatic carbocycles. The van der Waals surface area contributed by atoms with E-state index in [9.17, 15) is 0 Å². The number of anilines is 3. The van der Waals surface area contributed by atoms with Crippen LogP contribution in [0.25, 0.3) is 82.8 Å². The van der Waals surface area contributed by atoms with Crippen LogP contribution in [0.1, 0.15) is 0 Å². The highest BCUT2D eigenvalue weighted by atomic mass is 15.5. The number of para-hydroxylation sites is 2. The summed E-state index contributed by atoms with van der Waals surface area (Å²) in [7, 11) is 5.56. The fourth-order valence-electron chi connectivity index (χ4n) is 8.19. The van der Waals surface area contributed by atoms with Gasteiger partial charge in [-0.25, -0.2) is 0 Å². The summed E-state index contributed by atoms with van der Waals surface area (Å²) in [5.41, 5.74) is 14.6. The molecule has 0 fully saturated rings. The third-order valence-corrected chi connectivity index (χ3v) is 10.6. The van der Waals surface area contributed by atoms with Gasteiger partial charge in [-0.1, -0.05) is 84.9 Å². The van der Waals surface area contributed by atoms with Gasteiger partial charge < -0.3 is 9.47 Å². The van der Waals surface area contributed by atoms with Gasteiger partial charge in [0, 0.05) is 48.7 Å². The molecule has 0 saturated heterocycles. The Balaban J connectivity index is 1.10. The Labute approximate surface area is 320 Å². The number of hydrogen-bond donors (Lipinski definition) is 0. The predicted molar refractivity (Wildman–Crippen MR) is 223 cm³/mol. The molecule has 0 radical (unpaired) electrons. The molecule has 268 valence electrons. The molecule has 0 aliphatic rings. The normalized spacial score (nSPS) is 11.8. The number of fused-ring (bicyclic) bond motifs is 6. The third-order valence-electron chi connectivity index (χ3n) is 10.6. The maximum absolute atomic E-state index is 5.01. The Morgan fingerprint density at radius 3 is 1.46 bits per heavy atom. The minimum Gasteiger partial charge on any atom is -0.309 e. The van der Waals surface area contributed by atoms with Gasteiger partial charge in [-0.15, -0.1) is 0 Å². The van der Waals surface area contributed by atoms with Crippen LogP contribution in [0.4, 0.5) is 17.1 Å². The molecule has 11 aromatic rings. The Kier molecular flexibility index (Phi) is 6.93. The largest absolute Gasteiger partial charge is 0.309 e. The Bertz CT molecular complexity index is 3240. The second-order valence-corrected chi connectivity index (χ2v) is 14.0. The standard InChI is InChI=1S/C45H33N11/c1-52-46-35-16-11-19-38(43(35)49-52)56(39-26-24-31(28-12-5-4-6-13-28)41-44(39)50-53(2)47-41)40-27-25-32(42-45(40)51-54(3)48-42)29-20-22-30(23-21-29)55-36-17-9-7-14-33(36)34-15-8-10-18-37(34)55/h4-27H,1-3H3. The molecule has 11 nitrogen and oxygen atoms in total. The first kappa shape index (κ1) is 31.8. The summed E-state index contributed by atoms with van der Waals surface area (Å²) in [5.74, 6) is 0. The molecule has 11 heteroatoms. The highest BCUT2D eigenvalue weighted by molar-refractivity contribution is 6.10. The summed E-state index contributed by atoms with van der Waals surface area (Å²) in [6.45, 7) is 0. The predicted octanol–water partition coefficient (Wildman–Crippen LogP) is 9.43. The lowest BCUT2D eigenvalue weighted by molar-refractivity contribution is 0.665. The fourth-order valence-corrected chi connectivity index (χ4v) is 8.19. The number of aryl methyl sites for hydroxylation is 3. The van der Waals surface area contributed by atoms with Crippen molar-refractivity contribution in [1.29, 1.82) is 0 Å². The first-order valence-corrected chi connectivity index (χ1v) is 18.4. The van der Waals surface area contributed by atoms with Crippen molar-refractivity contribution >= 4 is 72.0 Å². The molecule has 0 atom stereocenters. The summed E-state index contributed by atoms with van der Waals surface area (Å²) < 4.78 is 2.33. The Morgan fingerprint density at radius 2 is 0.857 bits per heavy atom. The second kappa shape index (κ2) is 12.2. The van der Waals surface area contributed by atoms with E-state index >= 15 is 0 Å². The molecular formula is C45H33N11. The van der Waals surface area contributed by atoms with Gasteiger partial charge >= 0.3 is 0 Å². The van der Waals surface area contributed by atoms with Crippen LogP contribution in [-0.2, 0) is 21.1 Å². The monoisotopic (exact) mass is 727 g/mol. The summed E-state index contributed by atoms with van der Waals surface area (Å²) >= 11 is 0. The van der Waals surface area contributed by atoms with Crippen molar-refractivity contribution in [3.05, 3.63) is 146 Å². The molecule has 0 aliphatic heterocycles. The zero-order valence-corrected chi connectivity index (χ0v) is 30.8. The lowest BCUT2D eigenvalue weighted by Gasteiger charge is -2.26. The minimum atomic E-state index is 0.738. The lowest BCUT2D eigenvalue weighted by Crippen LogP contribution is -2.12. The van der Waals surface area contributed by atoms with Gasteiger partial charge in [-0.2, -0.15) is 45.0 Å². The fraction of sp³-hybridized carbons (Fsp3) is 0.0667. The van der Waals surface area contributed by atoms with E-state index in [1.54, 1.807) is 14.4 Å². The molecule has 0 saturated carbocycles. The van der Waals surface area contributed by atoms with Crippen molar-refractivity contribution in [3.63, 3.8) is 0 Å². The average Bonchev–Trinajstić information content (AvgIpc) is 4.00. The first-order chi connectivity index (χ1) is 27.5. The molecular weight excluding hydrogens is 695 g/mol. The number of hydrogen-bond acceptors (Lipinski definition) is 7. The zero-order valence-electron chi connectivity index (χ0n) is 30.8. The molecule has 0 N–H and O–H groups in total. The zero-order chi connectivity index (χ0) is 37.5. The van der Waals surface area contributed by atoms with Crippen LogP contribution in [0.2, 0.25) is 0 Å². The molecule has 0 unspecified atom stereocenters. The molecule has 56 heavy (non-hydrogen) atoms. The topological polar surface area (TPSA) is 100 Å². The SMILES string of the molecule is Cn1nc2cccc(N(c3ccc(-c4ccccc4)c4nn(C)nc34)c3ccc(-c4ccc(-n5c6ccccc6c6ccccc65)cc4)c4nn(C)nc34)c2n1. The summed E-state index contributed by atoms with van der Waals surface area (Å²) in [4.78, 5) is 7.05. The smallest absolute Gasteiger partial charge is 0.137 e. The number of rotatable bonds is 6. The van der Waals surface area contributed by atoms with Gasteiger partial charge in [0.05, 0.1) is 28.1 Å². The van der Waals surface area contributed by atoms with Gasteiger partial charge in [0.2, 0.25) is 0 Å². The highest BCUT2D eigenvalue weighted by Crippen LogP contribution is 2.46. The first-order valence-electron chi connectivity index (χ1n) is 18.4. The minimum absolute atomic E-state index is 0.738. The van der Waals surface area contributed by atoms with Gasteiger partial charge in [-0.3, -0.25) is 0 Å². The van der Waals surface area contributed by atoms with Crippen molar-refractivity contribution in [3.8, 4) is 27.9 Å². The van der Waals surface area contributed by atoms with E-state index in [2.05, 4.69) is 130 Å². The third kappa shape index (κ3) is 4.84. The van der Waals surface area contributed by atoms with E-state index in [0.29, 0.717) is 0 Å². The lowest BCUT2D eigenvalue weighted by atomic mass is 10.0. The van der Waals surface area contributed by atoms with Crippen LogP contribution >= 0.6 is 0 Å². The van der Waals surface area contributed by atoms with Crippen LogP contribution in [0.3, 0.4) is 0 Å². The van der Waals surface area contributed by atoms with E-state index in [0.717, 1.165) is 78.1 Å². The van der Waals surface area contributed by atoms with Crippen LogP contribution in [-0.4, -0.2) is 49.5 Å². The van der Waals surface area contributed by atoms with Crippen molar-refractivity contribution in [2.45, 2.75) is 0 Å².